The molecule has 1 aromatic heterocycles. The number of aliphatic hydroxyl groups is 1. The minimum Gasteiger partial charge on any atom is -0.427 e. The highest BCUT2D eigenvalue weighted by molar-refractivity contribution is 6.47. The molecule has 174 valence electrons. The van der Waals surface area contributed by atoms with Gasteiger partial charge in [-0.2, -0.15) is 0 Å². The predicted molar refractivity (Wildman–Crippen MR) is 148 cm³/mol. The lowest BCUT2D eigenvalue weighted by Gasteiger charge is -2.37. The molecule has 0 fully saturated rings. The number of pyridine rings is 1. The van der Waals surface area contributed by atoms with E-state index in [0.717, 1.165) is 49.5 Å². The van der Waals surface area contributed by atoms with E-state index in [4.69, 9.17) is 9.64 Å². The summed E-state index contributed by atoms with van der Waals surface area (Å²) in [5.41, 5.74) is 4.78. The van der Waals surface area contributed by atoms with Crippen LogP contribution in [-0.2, 0) is 4.65 Å². The molecule has 0 aliphatic carbocycles. The molecule has 5 rings (SSSR count). The molecule has 35 heavy (non-hydrogen) atoms. The Morgan fingerprint density at radius 1 is 0.743 bits per heavy atom. The second-order valence-electron chi connectivity index (χ2n) is 10.2. The van der Waals surface area contributed by atoms with E-state index in [2.05, 4.69) is 72.8 Å². The van der Waals surface area contributed by atoms with E-state index in [1.54, 1.807) is 13.8 Å². The van der Waals surface area contributed by atoms with Crippen molar-refractivity contribution in [1.29, 1.82) is 0 Å². The summed E-state index contributed by atoms with van der Waals surface area (Å²) in [5, 5.41) is 13.9. The van der Waals surface area contributed by atoms with Crippen LogP contribution in [0.4, 0.5) is 0 Å². The van der Waals surface area contributed by atoms with Gasteiger partial charge in [-0.05, 0) is 61.7 Å². The first-order chi connectivity index (χ1) is 16.7. The Bertz CT molecular complexity index is 1490. The normalized spacial score (nSPS) is 12.3. The summed E-state index contributed by atoms with van der Waals surface area (Å²) in [7, 11) is 0.416. The van der Waals surface area contributed by atoms with E-state index in [-0.39, 0.29) is 0 Å². The fourth-order valence-electron chi connectivity index (χ4n) is 4.23. The first kappa shape index (κ1) is 23.3. The molecule has 4 heteroatoms. The molecule has 0 radical (unpaired) electrons. The Hall–Kier alpha value is -3.47. The molecule has 4 aromatic carbocycles. The van der Waals surface area contributed by atoms with Crippen molar-refractivity contribution in [3.05, 3.63) is 97.1 Å². The van der Waals surface area contributed by atoms with Gasteiger partial charge in [-0.25, -0.2) is 4.98 Å². The van der Waals surface area contributed by atoms with Gasteiger partial charge in [0.25, 0.3) is 0 Å². The minimum atomic E-state index is -0.950. The highest BCUT2D eigenvalue weighted by Gasteiger charge is 2.35. The highest BCUT2D eigenvalue weighted by atomic mass is 16.5. The Balaban J connectivity index is 1.69. The summed E-state index contributed by atoms with van der Waals surface area (Å²) < 4.78 is 6.17. The quantitative estimate of drug-likeness (QED) is 0.241. The van der Waals surface area contributed by atoms with Crippen LogP contribution < -0.4 is 5.46 Å². The lowest BCUT2D eigenvalue weighted by Crippen LogP contribution is -2.49. The lowest BCUT2D eigenvalue weighted by molar-refractivity contribution is -0.0893. The number of hydrogen-bond donors (Lipinski definition) is 1. The molecule has 5 aromatic rings. The summed E-state index contributed by atoms with van der Waals surface area (Å²) in [4.78, 5) is 5.06. The molecule has 0 saturated heterocycles. The first-order valence-corrected chi connectivity index (χ1v) is 12.1. The summed E-state index contributed by atoms with van der Waals surface area (Å²) in [6.07, 6.45) is 0. The lowest BCUT2D eigenvalue weighted by atomic mass is 9.81. The topological polar surface area (TPSA) is 42.4 Å². The van der Waals surface area contributed by atoms with Gasteiger partial charge in [-0.3, -0.25) is 0 Å². The Morgan fingerprint density at radius 3 is 2.03 bits per heavy atom. The van der Waals surface area contributed by atoms with Gasteiger partial charge in [-0.15, -0.1) is 0 Å². The molecule has 1 N–H and O–H groups in total. The summed E-state index contributed by atoms with van der Waals surface area (Å²) in [6.45, 7) is 7.41. The van der Waals surface area contributed by atoms with Gasteiger partial charge in [0.05, 0.1) is 22.4 Å². The molecule has 1 heterocycles. The zero-order valence-corrected chi connectivity index (χ0v) is 20.7. The highest BCUT2D eigenvalue weighted by Crippen LogP contribution is 2.36. The van der Waals surface area contributed by atoms with E-state index in [0.29, 0.717) is 7.48 Å². The van der Waals surface area contributed by atoms with Crippen LogP contribution in [0.25, 0.3) is 44.1 Å². The van der Waals surface area contributed by atoms with Crippen LogP contribution >= 0.6 is 0 Å². The van der Waals surface area contributed by atoms with Crippen LogP contribution in [0.2, 0.25) is 0 Å². The zero-order chi connectivity index (χ0) is 24.6. The molecular formula is C31H30BNO2. The number of benzene rings is 4. The summed E-state index contributed by atoms with van der Waals surface area (Å²) in [5.74, 6) is 0. The van der Waals surface area contributed by atoms with Crippen LogP contribution in [0.3, 0.4) is 0 Å². The monoisotopic (exact) mass is 459 g/mol. The van der Waals surface area contributed by atoms with Gasteiger partial charge in [0.1, 0.15) is 0 Å². The van der Waals surface area contributed by atoms with E-state index in [9.17, 15) is 5.11 Å². The summed E-state index contributed by atoms with van der Waals surface area (Å²) in [6, 6.07) is 33.7. The number of nitrogens with zero attached hydrogens (tertiary/aromatic N) is 1. The van der Waals surface area contributed by atoms with Crippen LogP contribution in [0.1, 0.15) is 27.7 Å². The number of rotatable bonds is 6. The fourth-order valence-corrected chi connectivity index (χ4v) is 4.23. The second-order valence-corrected chi connectivity index (χ2v) is 10.2. The Morgan fingerprint density at radius 2 is 1.37 bits per heavy atom. The van der Waals surface area contributed by atoms with Crippen LogP contribution in [0, 0.1) is 0 Å². The van der Waals surface area contributed by atoms with Crippen molar-refractivity contribution in [3.8, 4) is 22.4 Å². The van der Waals surface area contributed by atoms with E-state index >= 15 is 0 Å². The number of fused-ring (bicyclic) bond motifs is 3. The minimum absolute atomic E-state index is 0.416. The standard InChI is InChI=1S/C31H30BNO2/c1-30(2,34)31(3,4)35-32-24-17-15-22-16-18-27-29(25(22)19-24)26(21-11-7-5-8-12-21)20-28(33-27)23-13-9-6-10-14-23/h5-20,32,34H,1-4H3. The average molecular weight is 459 g/mol. The Kier molecular flexibility index (Phi) is 5.96. The SMILES string of the molecule is CC(C)(O)C(C)(C)OBc1ccc2ccc3nc(-c4ccccc4)cc(-c4ccccc4)c3c2c1. The number of hydrogen-bond acceptors (Lipinski definition) is 3. The van der Waals surface area contributed by atoms with Crippen LogP contribution in [0.5, 0.6) is 0 Å². The van der Waals surface area contributed by atoms with Crippen molar-refractivity contribution in [2.24, 2.45) is 0 Å². The van der Waals surface area contributed by atoms with Gasteiger partial charge >= 0.3 is 7.48 Å². The molecule has 0 bridgehead atoms. The molecule has 0 aliphatic rings. The van der Waals surface area contributed by atoms with Gasteiger partial charge in [0.15, 0.2) is 0 Å². The maximum absolute atomic E-state index is 10.5. The third-order valence-electron chi connectivity index (χ3n) is 7.08. The second kappa shape index (κ2) is 8.96. The average Bonchev–Trinajstić information content (AvgIpc) is 2.87. The maximum atomic E-state index is 10.5. The molecular weight excluding hydrogens is 429 g/mol. The number of aromatic nitrogens is 1. The van der Waals surface area contributed by atoms with Crippen molar-refractivity contribution in [2.45, 2.75) is 38.9 Å². The summed E-state index contributed by atoms with van der Waals surface area (Å²) >= 11 is 0. The van der Waals surface area contributed by atoms with Gasteiger partial charge in [-0.1, -0.05) is 90.4 Å². The van der Waals surface area contributed by atoms with E-state index in [1.807, 2.05) is 38.1 Å². The predicted octanol–water partition coefficient (Wildman–Crippen LogP) is 6.26. The fraction of sp³-hybridized carbons (Fsp3) is 0.194. The van der Waals surface area contributed by atoms with Crippen molar-refractivity contribution in [3.63, 3.8) is 0 Å². The smallest absolute Gasteiger partial charge is 0.309 e. The van der Waals surface area contributed by atoms with Gasteiger partial charge < -0.3 is 9.76 Å². The third-order valence-corrected chi connectivity index (χ3v) is 7.08. The first-order valence-electron chi connectivity index (χ1n) is 12.1. The third kappa shape index (κ3) is 4.60. The molecule has 0 spiro atoms. The zero-order valence-electron chi connectivity index (χ0n) is 20.7. The molecule has 3 nitrogen and oxygen atoms in total. The molecule has 0 unspecified atom stereocenters. The van der Waals surface area contributed by atoms with Crippen molar-refractivity contribution in [1.82, 2.24) is 4.98 Å². The molecule has 0 atom stereocenters. The van der Waals surface area contributed by atoms with E-state index in [1.165, 1.54) is 0 Å². The molecule has 0 saturated carbocycles. The van der Waals surface area contributed by atoms with Crippen molar-refractivity contribution in [2.75, 3.05) is 0 Å². The Labute approximate surface area is 207 Å². The molecule has 0 aliphatic heterocycles. The van der Waals surface area contributed by atoms with Crippen molar-refractivity contribution >= 4 is 34.6 Å². The van der Waals surface area contributed by atoms with Crippen molar-refractivity contribution < 1.29 is 9.76 Å². The van der Waals surface area contributed by atoms with Crippen LogP contribution in [-0.4, -0.2) is 28.8 Å². The van der Waals surface area contributed by atoms with E-state index < -0.39 is 11.2 Å². The maximum Gasteiger partial charge on any atom is 0.309 e. The van der Waals surface area contributed by atoms with Gasteiger partial charge in [0.2, 0.25) is 0 Å². The van der Waals surface area contributed by atoms with Crippen LogP contribution in [0.15, 0.2) is 97.1 Å². The largest absolute Gasteiger partial charge is 0.427 e. The molecule has 0 amide bonds. The van der Waals surface area contributed by atoms with Gasteiger partial charge in [0, 0.05) is 10.9 Å².